The molecule has 2 heterocycles. The number of nitrogens with zero attached hydrogens (tertiary/aromatic N) is 2. The van der Waals surface area contributed by atoms with Gasteiger partial charge in [-0.25, -0.2) is 0 Å². The van der Waals surface area contributed by atoms with E-state index in [-0.39, 0.29) is 0 Å². The van der Waals surface area contributed by atoms with Gasteiger partial charge in [-0.15, -0.1) is 0 Å². The van der Waals surface area contributed by atoms with Gasteiger partial charge in [-0.3, -0.25) is 0 Å². The van der Waals surface area contributed by atoms with Gasteiger partial charge < -0.3 is 18.4 Å². The Morgan fingerprint density at radius 3 is 2.54 bits per heavy atom. The minimum absolute atomic E-state index is 0.390. The molecule has 2 aromatic carbocycles. The summed E-state index contributed by atoms with van der Waals surface area (Å²) in [5.74, 6) is 2.77. The normalized spacial score (nSPS) is 11.4. The Balaban J connectivity index is 1.62. The van der Waals surface area contributed by atoms with Crippen LogP contribution in [0.15, 0.2) is 45.3 Å². The SMILES string of the molecule is COc1ccc(C=Cc2nc(-c3oc4ccc(C)cc4c3C)no2)cc1OC. The lowest BCUT2D eigenvalue weighted by Crippen LogP contribution is -1.90. The standard InChI is InChI=1S/C22H20N2O4/c1-13-5-8-17-16(11-13)14(2)21(27-17)22-23-20(28-24-22)10-7-15-6-9-18(25-3)19(12-15)26-4/h5-12H,1-4H3. The van der Waals surface area contributed by atoms with Gasteiger partial charge in [-0.2, -0.15) is 4.98 Å². The van der Waals surface area contributed by atoms with Gasteiger partial charge in [0, 0.05) is 17.0 Å². The van der Waals surface area contributed by atoms with Gasteiger partial charge in [0.15, 0.2) is 17.3 Å². The molecule has 0 aliphatic rings. The third kappa shape index (κ3) is 3.24. The molecule has 0 amide bonds. The van der Waals surface area contributed by atoms with E-state index >= 15 is 0 Å². The van der Waals surface area contributed by atoms with Crippen LogP contribution < -0.4 is 9.47 Å². The summed E-state index contributed by atoms with van der Waals surface area (Å²) in [5, 5.41) is 5.12. The Hall–Kier alpha value is -3.54. The molecule has 0 atom stereocenters. The molecule has 4 aromatic rings. The molecular formula is C22H20N2O4. The molecule has 0 radical (unpaired) electrons. The molecule has 0 fully saturated rings. The second-order valence-electron chi connectivity index (χ2n) is 6.46. The number of aryl methyl sites for hydroxylation is 2. The molecule has 0 spiro atoms. The van der Waals surface area contributed by atoms with Crippen molar-refractivity contribution in [2.75, 3.05) is 14.2 Å². The van der Waals surface area contributed by atoms with E-state index in [1.54, 1.807) is 20.3 Å². The molecule has 6 nitrogen and oxygen atoms in total. The fourth-order valence-corrected chi connectivity index (χ4v) is 3.07. The molecular weight excluding hydrogens is 356 g/mol. The first kappa shape index (κ1) is 17.9. The van der Waals surface area contributed by atoms with Gasteiger partial charge >= 0.3 is 0 Å². The zero-order valence-electron chi connectivity index (χ0n) is 16.1. The Labute approximate surface area is 162 Å². The lowest BCUT2D eigenvalue weighted by molar-refractivity contribution is 0.355. The van der Waals surface area contributed by atoms with Crippen molar-refractivity contribution in [3.63, 3.8) is 0 Å². The second-order valence-corrected chi connectivity index (χ2v) is 6.46. The summed E-state index contributed by atoms with van der Waals surface area (Å²) in [6.07, 6.45) is 3.62. The van der Waals surface area contributed by atoms with Crippen molar-refractivity contribution in [1.82, 2.24) is 10.1 Å². The molecule has 0 saturated heterocycles. The lowest BCUT2D eigenvalue weighted by Gasteiger charge is -2.07. The van der Waals surface area contributed by atoms with Gasteiger partial charge in [0.05, 0.1) is 14.2 Å². The van der Waals surface area contributed by atoms with Crippen molar-refractivity contribution in [2.45, 2.75) is 13.8 Å². The van der Waals surface area contributed by atoms with Crippen molar-refractivity contribution < 1.29 is 18.4 Å². The van der Waals surface area contributed by atoms with Crippen molar-refractivity contribution in [2.24, 2.45) is 0 Å². The largest absolute Gasteiger partial charge is 0.493 e. The molecule has 4 rings (SSSR count). The molecule has 0 N–H and O–H groups in total. The predicted octanol–water partition coefficient (Wildman–Crippen LogP) is 5.29. The van der Waals surface area contributed by atoms with E-state index in [4.69, 9.17) is 18.4 Å². The number of ether oxygens (including phenoxy) is 2. The Bertz CT molecular complexity index is 1170. The van der Waals surface area contributed by atoms with Gasteiger partial charge in [-0.05, 0) is 49.8 Å². The monoisotopic (exact) mass is 376 g/mol. The van der Waals surface area contributed by atoms with Crippen LogP contribution in [0.25, 0.3) is 34.7 Å². The van der Waals surface area contributed by atoms with Crippen LogP contribution in [0, 0.1) is 13.8 Å². The highest BCUT2D eigenvalue weighted by Crippen LogP contribution is 2.32. The lowest BCUT2D eigenvalue weighted by atomic mass is 10.1. The maximum Gasteiger partial charge on any atom is 0.251 e. The average Bonchev–Trinajstić information content (AvgIpc) is 3.31. The predicted molar refractivity (Wildman–Crippen MR) is 107 cm³/mol. The summed E-state index contributed by atoms with van der Waals surface area (Å²) >= 11 is 0. The Morgan fingerprint density at radius 2 is 1.75 bits per heavy atom. The van der Waals surface area contributed by atoms with E-state index in [2.05, 4.69) is 23.1 Å². The van der Waals surface area contributed by atoms with E-state index in [0.717, 1.165) is 22.1 Å². The fraction of sp³-hybridized carbons (Fsp3) is 0.182. The topological polar surface area (TPSA) is 70.5 Å². The summed E-state index contributed by atoms with van der Waals surface area (Å²) in [4.78, 5) is 4.44. The molecule has 0 aliphatic carbocycles. The molecule has 28 heavy (non-hydrogen) atoms. The zero-order valence-corrected chi connectivity index (χ0v) is 16.1. The number of hydrogen-bond donors (Lipinski definition) is 0. The summed E-state index contributed by atoms with van der Waals surface area (Å²) in [5.41, 5.74) is 3.91. The first-order chi connectivity index (χ1) is 13.6. The highest BCUT2D eigenvalue weighted by Gasteiger charge is 2.17. The average molecular weight is 376 g/mol. The second kappa shape index (κ2) is 7.23. The first-order valence-electron chi connectivity index (χ1n) is 8.83. The molecule has 0 saturated carbocycles. The van der Waals surface area contributed by atoms with Crippen LogP contribution in [0.1, 0.15) is 22.6 Å². The van der Waals surface area contributed by atoms with Crippen LogP contribution in [0.5, 0.6) is 11.5 Å². The number of hydrogen-bond acceptors (Lipinski definition) is 6. The number of fused-ring (bicyclic) bond motifs is 1. The van der Waals surface area contributed by atoms with Crippen LogP contribution in [0.2, 0.25) is 0 Å². The molecule has 6 heteroatoms. The van der Waals surface area contributed by atoms with E-state index in [1.165, 1.54) is 5.56 Å². The molecule has 2 aromatic heterocycles. The maximum atomic E-state index is 5.93. The molecule has 0 aliphatic heterocycles. The third-order valence-electron chi connectivity index (χ3n) is 4.56. The van der Waals surface area contributed by atoms with E-state index in [0.29, 0.717) is 29.0 Å². The van der Waals surface area contributed by atoms with Crippen LogP contribution in [0.4, 0.5) is 0 Å². The third-order valence-corrected chi connectivity index (χ3v) is 4.56. The number of rotatable bonds is 5. The molecule has 0 unspecified atom stereocenters. The molecule has 0 bridgehead atoms. The smallest absolute Gasteiger partial charge is 0.251 e. The summed E-state index contributed by atoms with van der Waals surface area (Å²) in [7, 11) is 3.21. The van der Waals surface area contributed by atoms with E-state index < -0.39 is 0 Å². The van der Waals surface area contributed by atoms with Crippen molar-refractivity contribution in [3.8, 4) is 23.1 Å². The highest BCUT2D eigenvalue weighted by molar-refractivity contribution is 5.87. The van der Waals surface area contributed by atoms with Gasteiger partial charge in [0.2, 0.25) is 5.82 Å². The Kier molecular flexibility index (Phi) is 4.61. The van der Waals surface area contributed by atoms with Gasteiger partial charge in [0.1, 0.15) is 5.58 Å². The molecule has 142 valence electrons. The van der Waals surface area contributed by atoms with Crippen molar-refractivity contribution in [3.05, 3.63) is 59.0 Å². The number of benzene rings is 2. The van der Waals surface area contributed by atoms with Crippen molar-refractivity contribution in [1.29, 1.82) is 0 Å². The van der Waals surface area contributed by atoms with Crippen molar-refractivity contribution >= 4 is 23.1 Å². The summed E-state index contributed by atoms with van der Waals surface area (Å²) in [6.45, 7) is 4.05. The number of furan rings is 1. The number of aromatic nitrogens is 2. The van der Waals surface area contributed by atoms with Gasteiger partial charge in [-0.1, -0.05) is 22.9 Å². The quantitative estimate of drug-likeness (QED) is 0.471. The summed E-state index contributed by atoms with van der Waals surface area (Å²) < 4.78 is 21.9. The zero-order chi connectivity index (χ0) is 19.7. The first-order valence-corrected chi connectivity index (χ1v) is 8.83. The maximum absolute atomic E-state index is 5.93. The minimum atomic E-state index is 0.390. The van der Waals surface area contributed by atoms with Crippen LogP contribution in [0.3, 0.4) is 0 Å². The fourth-order valence-electron chi connectivity index (χ4n) is 3.07. The van der Waals surface area contributed by atoms with Gasteiger partial charge in [0.25, 0.3) is 5.89 Å². The highest BCUT2D eigenvalue weighted by atomic mass is 16.5. The number of methoxy groups -OCH3 is 2. The van der Waals surface area contributed by atoms with Crippen LogP contribution in [-0.2, 0) is 0 Å². The van der Waals surface area contributed by atoms with Crippen LogP contribution >= 0.6 is 0 Å². The van der Waals surface area contributed by atoms with E-state index in [9.17, 15) is 0 Å². The van der Waals surface area contributed by atoms with Crippen LogP contribution in [-0.4, -0.2) is 24.4 Å². The summed E-state index contributed by atoms with van der Waals surface area (Å²) in [6, 6.07) is 11.7. The van der Waals surface area contributed by atoms with E-state index in [1.807, 2.05) is 43.3 Å². The Morgan fingerprint density at radius 1 is 0.929 bits per heavy atom. The minimum Gasteiger partial charge on any atom is -0.493 e.